The Morgan fingerprint density at radius 3 is 2.62 bits per heavy atom. The van der Waals surface area contributed by atoms with E-state index in [1.54, 1.807) is 0 Å². The zero-order valence-electron chi connectivity index (χ0n) is 6.64. The van der Waals surface area contributed by atoms with E-state index < -0.39 is 12.2 Å². The van der Waals surface area contributed by atoms with Gasteiger partial charge in [0, 0.05) is 17.8 Å². The molecule has 68 valence electrons. The maximum atomic E-state index is 10.6. The number of pyridine rings is 1. The fraction of sp³-hybridized carbons (Fsp3) is 0.250. The summed E-state index contributed by atoms with van der Waals surface area (Å²) in [5, 5.41) is 26.5. The van der Waals surface area contributed by atoms with E-state index in [9.17, 15) is 9.90 Å². The van der Waals surface area contributed by atoms with Crippen LogP contribution >= 0.6 is 0 Å². The van der Waals surface area contributed by atoms with Crippen LogP contribution in [0.5, 0.6) is 0 Å². The predicted octanol–water partition coefficient (Wildman–Crippen LogP) is -0.707. The van der Waals surface area contributed by atoms with Crippen LogP contribution in [0.15, 0.2) is 23.1 Å². The molecule has 0 radical (unpaired) electrons. The minimum Gasteiger partial charge on any atom is -0.384 e. The van der Waals surface area contributed by atoms with Gasteiger partial charge < -0.3 is 15.2 Å². The number of hydrogen-bond donors (Lipinski definition) is 3. The zero-order valence-corrected chi connectivity index (χ0v) is 6.64. The lowest BCUT2D eigenvalue weighted by Gasteiger charge is -2.10. The van der Waals surface area contributed by atoms with Gasteiger partial charge in [-0.2, -0.15) is 5.26 Å². The molecule has 2 unspecified atom stereocenters. The van der Waals surface area contributed by atoms with Crippen LogP contribution in [0.25, 0.3) is 0 Å². The van der Waals surface area contributed by atoms with Gasteiger partial charge in [0.2, 0.25) is 5.56 Å². The summed E-state index contributed by atoms with van der Waals surface area (Å²) in [4.78, 5) is 12.9. The molecule has 0 amide bonds. The number of H-pyrrole nitrogens is 1. The van der Waals surface area contributed by atoms with Crippen LogP contribution in [-0.4, -0.2) is 21.3 Å². The number of aliphatic hydroxyl groups excluding tert-OH is 2. The Hall–Kier alpha value is -1.64. The largest absolute Gasteiger partial charge is 0.384 e. The molecule has 1 heterocycles. The smallest absolute Gasteiger partial charge is 0.247 e. The average Bonchev–Trinajstić information content (AvgIpc) is 2.17. The zero-order chi connectivity index (χ0) is 9.84. The first-order valence-corrected chi connectivity index (χ1v) is 3.59. The third kappa shape index (κ3) is 2.15. The molecule has 0 aliphatic heterocycles. The van der Waals surface area contributed by atoms with Crippen molar-refractivity contribution < 1.29 is 10.2 Å². The number of hydrogen-bond acceptors (Lipinski definition) is 4. The number of aromatic nitrogens is 1. The topological polar surface area (TPSA) is 97.1 Å². The van der Waals surface area contributed by atoms with E-state index in [-0.39, 0.29) is 5.56 Å². The molecular formula is C8H8N2O3. The van der Waals surface area contributed by atoms with Gasteiger partial charge in [0.15, 0.2) is 6.10 Å². The molecule has 0 saturated heterocycles. The summed E-state index contributed by atoms with van der Waals surface area (Å²) in [6.07, 6.45) is -1.51. The molecule has 0 aliphatic rings. The summed E-state index contributed by atoms with van der Waals surface area (Å²) in [5.41, 5.74) is -0.00366. The summed E-state index contributed by atoms with van der Waals surface area (Å²) >= 11 is 0. The number of aromatic amines is 1. The summed E-state index contributed by atoms with van der Waals surface area (Å²) in [5.74, 6) is 0. The van der Waals surface area contributed by atoms with Crippen molar-refractivity contribution in [1.82, 2.24) is 4.98 Å². The van der Waals surface area contributed by atoms with Gasteiger partial charge in [0.1, 0.15) is 6.10 Å². The van der Waals surface area contributed by atoms with E-state index in [2.05, 4.69) is 4.98 Å². The molecule has 0 saturated carbocycles. The Morgan fingerprint density at radius 2 is 2.15 bits per heavy atom. The van der Waals surface area contributed by atoms with E-state index in [0.29, 0.717) is 5.56 Å². The quantitative estimate of drug-likeness (QED) is 0.524. The second-order valence-corrected chi connectivity index (χ2v) is 2.51. The van der Waals surface area contributed by atoms with Crippen LogP contribution in [0, 0.1) is 11.3 Å². The fourth-order valence-electron chi connectivity index (χ4n) is 0.859. The van der Waals surface area contributed by atoms with E-state index in [4.69, 9.17) is 10.4 Å². The van der Waals surface area contributed by atoms with Crippen LogP contribution in [0.4, 0.5) is 0 Å². The second kappa shape index (κ2) is 3.85. The summed E-state index contributed by atoms with van der Waals surface area (Å²) < 4.78 is 0. The number of aliphatic hydroxyl groups is 2. The van der Waals surface area contributed by atoms with E-state index in [1.165, 1.54) is 24.4 Å². The molecule has 0 fully saturated rings. The molecule has 3 N–H and O–H groups in total. The third-order valence-electron chi connectivity index (χ3n) is 1.58. The molecule has 1 rings (SSSR count). The minimum atomic E-state index is -1.48. The molecule has 2 atom stereocenters. The molecule has 1 aromatic heterocycles. The monoisotopic (exact) mass is 180 g/mol. The van der Waals surface area contributed by atoms with Crippen LogP contribution in [0.2, 0.25) is 0 Å². The van der Waals surface area contributed by atoms with Crippen molar-refractivity contribution >= 4 is 0 Å². The number of nitrogens with one attached hydrogen (secondary N) is 1. The van der Waals surface area contributed by atoms with Crippen molar-refractivity contribution in [2.75, 3.05) is 0 Å². The number of nitrogens with zero attached hydrogens (tertiary/aromatic N) is 1. The standard InChI is InChI=1S/C8H8N2O3/c9-3-6(11)8(13)5-1-2-7(12)10-4-5/h1-2,4,6,8,11,13H,(H,10,12). The Labute approximate surface area is 73.9 Å². The second-order valence-electron chi connectivity index (χ2n) is 2.51. The average molecular weight is 180 g/mol. The molecule has 5 heteroatoms. The number of nitriles is 1. The van der Waals surface area contributed by atoms with Gasteiger partial charge in [-0.15, -0.1) is 0 Å². The molecule has 0 aromatic carbocycles. The van der Waals surface area contributed by atoms with E-state index >= 15 is 0 Å². The van der Waals surface area contributed by atoms with E-state index in [1.807, 2.05) is 0 Å². The highest BCUT2D eigenvalue weighted by Crippen LogP contribution is 2.13. The van der Waals surface area contributed by atoms with Gasteiger partial charge in [0.05, 0.1) is 6.07 Å². The summed E-state index contributed by atoms with van der Waals surface area (Å²) in [6, 6.07) is 4.05. The van der Waals surface area contributed by atoms with Crippen LogP contribution in [0.1, 0.15) is 11.7 Å². The first-order chi connectivity index (χ1) is 6.15. The van der Waals surface area contributed by atoms with Crippen molar-refractivity contribution in [1.29, 1.82) is 5.26 Å². The Kier molecular flexibility index (Phi) is 2.80. The molecule has 0 spiro atoms. The highest BCUT2D eigenvalue weighted by Gasteiger charge is 2.17. The third-order valence-corrected chi connectivity index (χ3v) is 1.58. The Morgan fingerprint density at radius 1 is 1.46 bits per heavy atom. The predicted molar refractivity (Wildman–Crippen MR) is 43.6 cm³/mol. The van der Waals surface area contributed by atoms with Gasteiger partial charge in [-0.3, -0.25) is 4.79 Å². The fourth-order valence-corrected chi connectivity index (χ4v) is 0.859. The molecule has 5 nitrogen and oxygen atoms in total. The molecule has 0 aliphatic carbocycles. The lowest BCUT2D eigenvalue weighted by atomic mass is 10.1. The van der Waals surface area contributed by atoms with Crippen molar-refractivity contribution in [3.8, 4) is 6.07 Å². The highest BCUT2D eigenvalue weighted by molar-refractivity contribution is 5.15. The maximum Gasteiger partial charge on any atom is 0.247 e. The van der Waals surface area contributed by atoms with Gasteiger partial charge >= 0.3 is 0 Å². The van der Waals surface area contributed by atoms with E-state index in [0.717, 1.165) is 0 Å². The van der Waals surface area contributed by atoms with Gasteiger partial charge in [-0.25, -0.2) is 0 Å². The molecule has 1 aromatic rings. The minimum absolute atomic E-state index is 0.300. The highest BCUT2D eigenvalue weighted by atomic mass is 16.3. The Balaban J connectivity index is 2.91. The van der Waals surface area contributed by atoms with Crippen molar-refractivity contribution in [3.05, 3.63) is 34.2 Å². The van der Waals surface area contributed by atoms with Crippen LogP contribution in [0.3, 0.4) is 0 Å². The lowest BCUT2D eigenvalue weighted by Crippen LogP contribution is -2.17. The Bertz CT molecular complexity index is 359. The van der Waals surface area contributed by atoms with Gasteiger partial charge in [0.25, 0.3) is 0 Å². The van der Waals surface area contributed by atoms with Crippen LogP contribution in [-0.2, 0) is 0 Å². The molecule has 0 bridgehead atoms. The molecule has 13 heavy (non-hydrogen) atoms. The van der Waals surface area contributed by atoms with Gasteiger partial charge in [-0.1, -0.05) is 0 Å². The van der Waals surface area contributed by atoms with Gasteiger partial charge in [-0.05, 0) is 6.07 Å². The SMILES string of the molecule is N#CC(O)C(O)c1ccc(=O)[nH]c1. The summed E-state index contributed by atoms with van der Waals surface area (Å²) in [6.45, 7) is 0. The lowest BCUT2D eigenvalue weighted by molar-refractivity contribution is 0.0525. The summed E-state index contributed by atoms with van der Waals surface area (Å²) in [7, 11) is 0. The maximum absolute atomic E-state index is 10.6. The van der Waals surface area contributed by atoms with Crippen molar-refractivity contribution in [2.45, 2.75) is 12.2 Å². The van der Waals surface area contributed by atoms with Crippen molar-refractivity contribution in [3.63, 3.8) is 0 Å². The first kappa shape index (κ1) is 9.45. The molecular weight excluding hydrogens is 172 g/mol. The number of rotatable bonds is 2. The van der Waals surface area contributed by atoms with Crippen molar-refractivity contribution in [2.24, 2.45) is 0 Å². The first-order valence-electron chi connectivity index (χ1n) is 3.59. The van der Waals surface area contributed by atoms with Crippen LogP contribution < -0.4 is 5.56 Å². The normalized spacial score (nSPS) is 14.5.